The second-order valence-corrected chi connectivity index (χ2v) is 8.21. The van der Waals surface area contributed by atoms with E-state index in [2.05, 4.69) is 10.6 Å². The van der Waals surface area contributed by atoms with E-state index in [9.17, 15) is 39.3 Å². The van der Waals surface area contributed by atoms with E-state index in [-0.39, 0.29) is 19.4 Å². The summed E-state index contributed by atoms with van der Waals surface area (Å²) < 4.78 is 0. The molecule has 1 aliphatic rings. The van der Waals surface area contributed by atoms with Gasteiger partial charge in [-0.15, -0.1) is 0 Å². The number of hydrogen-bond donors (Lipinski definition) is 6. The van der Waals surface area contributed by atoms with Crippen molar-refractivity contribution in [3.05, 3.63) is 35.9 Å². The minimum absolute atomic E-state index is 0.137. The van der Waals surface area contributed by atoms with E-state index >= 15 is 0 Å². The number of likely N-dealkylation sites (tertiary alicyclic amines) is 1. The monoisotopic (exact) mass is 478 g/mol. The molecule has 0 saturated carbocycles. The highest BCUT2D eigenvalue weighted by Gasteiger charge is 2.40. The van der Waals surface area contributed by atoms with Gasteiger partial charge in [0.15, 0.2) is 0 Å². The van der Waals surface area contributed by atoms with Crippen molar-refractivity contribution in [1.29, 1.82) is 0 Å². The summed E-state index contributed by atoms with van der Waals surface area (Å²) in [5.41, 5.74) is 6.67. The van der Waals surface area contributed by atoms with E-state index in [1.807, 2.05) is 0 Å². The molecule has 1 saturated heterocycles. The molecule has 5 atom stereocenters. The molecule has 0 bridgehead atoms. The first-order valence-electron chi connectivity index (χ1n) is 10.8. The number of nitrogens with one attached hydrogen (secondary N) is 2. The molecule has 0 spiro atoms. The molecule has 5 unspecified atom stereocenters. The quantitative estimate of drug-likeness (QED) is 0.218. The van der Waals surface area contributed by atoms with E-state index in [0.29, 0.717) is 6.42 Å². The van der Waals surface area contributed by atoms with E-state index in [1.54, 1.807) is 30.3 Å². The summed E-state index contributed by atoms with van der Waals surface area (Å²) in [5.74, 6) is -5.19. The van der Waals surface area contributed by atoms with Crippen LogP contribution in [0.5, 0.6) is 0 Å². The average Bonchev–Trinajstić information content (AvgIpc) is 3.27. The van der Waals surface area contributed by atoms with Gasteiger partial charge in [-0.3, -0.25) is 19.2 Å². The number of carbonyl (C=O) groups excluding carboxylic acids is 3. The lowest BCUT2D eigenvalue weighted by Crippen LogP contribution is -2.60. The number of hydrogen-bond acceptors (Lipinski definition) is 7. The van der Waals surface area contributed by atoms with E-state index in [1.165, 1.54) is 6.92 Å². The fourth-order valence-electron chi connectivity index (χ4n) is 3.73. The first-order chi connectivity index (χ1) is 16.0. The van der Waals surface area contributed by atoms with Crippen LogP contribution in [0, 0.1) is 0 Å². The van der Waals surface area contributed by atoms with Gasteiger partial charge in [0.2, 0.25) is 17.7 Å². The average molecular weight is 479 g/mol. The van der Waals surface area contributed by atoms with Gasteiger partial charge in [-0.1, -0.05) is 30.3 Å². The van der Waals surface area contributed by atoms with Crippen molar-refractivity contribution in [1.82, 2.24) is 15.5 Å². The number of aliphatic hydroxyl groups excluding tert-OH is 1. The number of carbonyl (C=O) groups is 5. The number of carboxylic acids is 2. The number of benzene rings is 1. The maximum Gasteiger partial charge on any atom is 0.326 e. The molecule has 0 radical (unpaired) electrons. The van der Waals surface area contributed by atoms with Gasteiger partial charge >= 0.3 is 11.9 Å². The van der Waals surface area contributed by atoms with Gasteiger partial charge in [-0.25, -0.2) is 4.79 Å². The van der Waals surface area contributed by atoms with Gasteiger partial charge in [0, 0.05) is 6.54 Å². The van der Waals surface area contributed by atoms with Crippen LogP contribution in [0.2, 0.25) is 0 Å². The zero-order valence-electron chi connectivity index (χ0n) is 18.7. The van der Waals surface area contributed by atoms with Crippen molar-refractivity contribution in [2.75, 3.05) is 6.54 Å². The molecular weight excluding hydrogens is 448 g/mol. The molecule has 186 valence electrons. The van der Waals surface area contributed by atoms with Crippen LogP contribution in [-0.2, 0) is 30.4 Å². The molecule has 7 N–H and O–H groups in total. The maximum atomic E-state index is 12.9. The van der Waals surface area contributed by atoms with E-state index < -0.39 is 66.4 Å². The molecule has 1 aromatic rings. The Morgan fingerprint density at radius 3 is 2.29 bits per heavy atom. The Kier molecular flexibility index (Phi) is 9.51. The minimum atomic E-state index is -1.57. The fourth-order valence-corrected chi connectivity index (χ4v) is 3.73. The van der Waals surface area contributed by atoms with Crippen LogP contribution >= 0.6 is 0 Å². The predicted molar refractivity (Wildman–Crippen MR) is 118 cm³/mol. The SMILES string of the molecule is CC(O)C(NC(=O)C(CC(=O)O)NC(=O)C(N)Cc1ccccc1)C(=O)N1CCCC1C(=O)O. The van der Waals surface area contributed by atoms with Crippen LogP contribution in [0.4, 0.5) is 0 Å². The first kappa shape index (κ1) is 26.7. The second-order valence-electron chi connectivity index (χ2n) is 8.21. The number of rotatable bonds is 11. The molecule has 1 aromatic carbocycles. The summed E-state index contributed by atoms with van der Waals surface area (Å²) in [6, 6.07) is 3.59. The van der Waals surface area contributed by atoms with Crippen LogP contribution in [0.3, 0.4) is 0 Å². The summed E-state index contributed by atoms with van der Waals surface area (Å²) in [5, 5.41) is 33.1. The van der Waals surface area contributed by atoms with E-state index in [0.717, 1.165) is 10.5 Å². The number of amides is 3. The predicted octanol–water partition coefficient (Wildman–Crippen LogP) is -1.54. The van der Waals surface area contributed by atoms with Crippen molar-refractivity contribution < 1.29 is 39.3 Å². The Bertz CT molecular complexity index is 907. The molecule has 12 nitrogen and oxygen atoms in total. The van der Waals surface area contributed by atoms with Crippen molar-refractivity contribution in [3.8, 4) is 0 Å². The van der Waals surface area contributed by atoms with Crippen LogP contribution in [0.15, 0.2) is 30.3 Å². The number of nitrogens with zero attached hydrogens (tertiary/aromatic N) is 1. The molecule has 0 aromatic heterocycles. The Labute approximate surface area is 196 Å². The molecule has 34 heavy (non-hydrogen) atoms. The number of aliphatic carboxylic acids is 2. The van der Waals surface area contributed by atoms with Crippen molar-refractivity contribution >= 4 is 29.7 Å². The zero-order valence-corrected chi connectivity index (χ0v) is 18.7. The third-order valence-electron chi connectivity index (χ3n) is 5.51. The van der Waals surface area contributed by atoms with Gasteiger partial charge in [0.05, 0.1) is 18.6 Å². The summed E-state index contributed by atoms with van der Waals surface area (Å²) >= 11 is 0. The Morgan fingerprint density at radius 2 is 1.74 bits per heavy atom. The molecular formula is C22H30N4O8. The van der Waals surface area contributed by atoms with Crippen LogP contribution in [0.25, 0.3) is 0 Å². The van der Waals surface area contributed by atoms with Crippen LogP contribution < -0.4 is 16.4 Å². The highest BCUT2D eigenvalue weighted by molar-refractivity contribution is 5.96. The highest BCUT2D eigenvalue weighted by Crippen LogP contribution is 2.19. The van der Waals surface area contributed by atoms with Gasteiger partial charge < -0.3 is 36.6 Å². The third kappa shape index (κ3) is 7.25. The van der Waals surface area contributed by atoms with Crippen LogP contribution in [0.1, 0.15) is 31.7 Å². The molecule has 12 heteroatoms. The highest BCUT2D eigenvalue weighted by atomic mass is 16.4. The summed E-state index contributed by atoms with van der Waals surface area (Å²) in [6.45, 7) is 1.37. The lowest BCUT2D eigenvalue weighted by atomic mass is 10.0. The van der Waals surface area contributed by atoms with Gasteiger partial charge in [0.25, 0.3) is 0 Å². The van der Waals surface area contributed by atoms with Gasteiger partial charge in [0.1, 0.15) is 18.1 Å². The number of carboxylic acid groups (broad SMARTS) is 2. The lowest BCUT2D eigenvalue weighted by Gasteiger charge is -2.30. The smallest absolute Gasteiger partial charge is 0.326 e. The molecule has 1 heterocycles. The summed E-state index contributed by atoms with van der Waals surface area (Å²) in [7, 11) is 0. The largest absolute Gasteiger partial charge is 0.481 e. The van der Waals surface area contributed by atoms with E-state index in [4.69, 9.17) is 5.73 Å². The molecule has 0 aliphatic carbocycles. The molecule has 3 amide bonds. The number of aliphatic hydroxyl groups is 1. The normalized spacial score (nSPS) is 18.9. The fraction of sp³-hybridized carbons (Fsp3) is 0.500. The maximum absolute atomic E-state index is 12.9. The Morgan fingerprint density at radius 1 is 1.09 bits per heavy atom. The van der Waals surface area contributed by atoms with Crippen molar-refractivity contribution in [3.63, 3.8) is 0 Å². The minimum Gasteiger partial charge on any atom is -0.481 e. The van der Waals surface area contributed by atoms with Crippen LogP contribution in [-0.4, -0.2) is 86.7 Å². The summed E-state index contributed by atoms with van der Waals surface area (Å²) in [6.07, 6.45) is -1.38. The summed E-state index contributed by atoms with van der Waals surface area (Å²) in [4.78, 5) is 62.0. The third-order valence-corrected chi connectivity index (χ3v) is 5.51. The molecule has 1 fully saturated rings. The molecule has 1 aliphatic heterocycles. The standard InChI is InChI=1S/C22H30N4O8/c1-12(27)18(21(32)26-9-5-8-16(26)22(33)34)25-20(31)15(11-17(28)29)24-19(30)14(23)10-13-6-3-2-4-7-13/h2-4,6-7,12,14-16,18,27H,5,8-11,23H2,1H3,(H,24,30)(H,25,31)(H,28,29)(H,33,34). The Hall–Kier alpha value is -3.51. The Balaban J connectivity index is 2.11. The second kappa shape index (κ2) is 12.1. The van der Waals surface area contributed by atoms with Crippen molar-refractivity contribution in [2.45, 2.75) is 62.9 Å². The van der Waals surface area contributed by atoms with Crippen molar-refractivity contribution in [2.24, 2.45) is 5.73 Å². The zero-order chi connectivity index (χ0) is 25.4. The molecule has 2 rings (SSSR count). The lowest BCUT2D eigenvalue weighted by molar-refractivity contribution is -0.151. The topological polar surface area (TPSA) is 199 Å². The number of nitrogens with two attached hydrogens (primary N) is 1. The first-order valence-corrected chi connectivity index (χ1v) is 10.8. The van der Waals surface area contributed by atoms with Gasteiger partial charge in [-0.05, 0) is 31.7 Å². The van der Waals surface area contributed by atoms with Gasteiger partial charge in [-0.2, -0.15) is 0 Å².